The lowest BCUT2D eigenvalue weighted by Crippen LogP contribution is -3.15. The summed E-state index contributed by atoms with van der Waals surface area (Å²) in [4.78, 5) is 1.94. The first-order chi connectivity index (χ1) is 51.2. The molecule has 0 unspecified atom stereocenters. The average Bonchev–Trinajstić information content (AvgIpc) is 0.812. The fourth-order valence-electron chi connectivity index (χ4n) is 11.4. The van der Waals surface area contributed by atoms with E-state index in [0.29, 0.717) is 68.8 Å². The highest BCUT2D eigenvalue weighted by Gasteiger charge is 2.31. The number of nitrogens with one attached hydrogen (secondary N) is 1. The Morgan fingerprint density at radius 3 is 0.953 bits per heavy atom. The number of sulfonamides is 3. The number of hydrogen-bond acceptors (Lipinski definition) is 16. The van der Waals surface area contributed by atoms with Crippen molar-refractivity contribution in [2.24, 2.45) is 0 Å². The summed E-state index contributed by atoms with van der Waals surface area (Å²) in [5.74, 6) is 2.25. The highest BCUT2D eigenvalue weighted by molar-refractivity contribution is 7.89. The molecule has 2 heterocycles. The number of methoxy groups -OCH3 is 3. The highest BCUT2D eigenvalue weighted by Crippen LogP contribution is 2.29. The smallest absolute Gasteiger partial charge is 0.243 e. The molecule has 0 atom stereocenters. The van der Waals surface area contributed by atoms with Crippen molar-refractivity contribution in [3.63, 3.8) is 0 Å². The Bertz CT molecular complexity index is 4870. The Hall–Kier alpha value is -9.96. The molecule has 0 aromatic heterocycles. The summed E-state index contributed by atoms with van der Waals surface area (Å²) in [6, 6.07) is 61.1. The molecule has 24 heteroatoms. The molecule has 2 fully saturated rings. The van der Waals surface area contributed by atoms with Crippen molar-refractivity contribution in [3.8, 4) is 17.2 Å². The first-order valence-electron chi connectivity index (χ1n) is 34.5. The van der Waals surface area contributed by atoms with Crippen LogP contribution in [-0.2, 0) is 34.8 Å². The number of nitrogens with two attached hydrogens (primary N) is 3. The second-order valence-electron chi connectivity index (χ2n) is 24.7. The lowest BCUT2D eigenvalue weighted by molar-refractivity contribution is -0.904. The van der Waals surface area contributed by atoms with Gasteiger partial charge in [0, 0.05) is 59.9 Å². The van der Waals surface area contributed by atoms with Gasteiger partial charge in [-0.2, -0.15) is 12.9 Å². The number of ether oxygens (including phenoxy) is 4. The van der Waals surface area contributed by atoms with Crippen molar-refractivity contribution in [2.75, 3.05) is 130 Å². The van der Waals surface area contributed by atoms with Crippen LogP contribution in [0.5, 0.6) is 17.2 Å². The van der Waals surface area contributed by atoms with Gasteiger partial charge in [0.2, 0.25) is 30.1 Å². The molecular weight excluding hydrogens is 1430 g/mol. The lowest BCUT2D eigenvalue weighted by Gasteiger charge is -2.31. The quantitative estimate of drug-likeness (QED) is 0.0191. The molecule has 0 aliphatic carbocycles. The number of hydrogen-bond donors (Lipinski definition) is 7. The van der Waals surface area contributed by atoms with Gasteiger partial charge in [0.05, 0.1) is 95.2 Å². The number of halogens is 1. The minimum atomic E-state index is -3.79. The fourth-order valence-corrected chi connectivity index (χ4v) is 15.6. The Morgan fingerprint density at radius 1 is 0.383 bits per heavy atom. The lowest BCUT2D eigenvalue weighted by atomic mass is 10.1. The normalized spacial score (nSPS) is 14.2. The zero-order valence-corrected chi connectivity index (χ0v) is 63.2. The van der Waals surface area contributed by atoms with E-state index in [1.807, 2.05) is 225 Å². The first kappa shape index (κ1) is 82.7. The van der Waals surface area contributed by atoms with Crippen LogP contribution in [0.3, 0.4) is 0 Å². The van der Waals surface area contributed by atoms with E-state index in [1.54, 1.807) is 57.7 Å². The van der Waals surface area contributed by atoms with E-state index < -0.39 is 30.1 Å². The largest absolute Gasteiger partial charge is 1.00 e. The molecule has 107 heavy (non-hydrogen) atoms. The Morgan fingerprint density at radius 2 is 0.654 bits per heavy atom. The monoisotopic (exact) mass is 1530 g/mol. The van der Waals surface area contributed by atoms with E-state index in [2.05, 4.69) is 0 Å². The molecule has 0 spiro atoms. The minimum absolute atomic E-state index is 0. The zero-order chi connectivity index (χ0) is 75.5. The van der Waals surface area contributed by atoms with Gasteiger partial charge < -0.3 is 68.8 Å². The van der Waals surface area contributed by atoms with Crippen molar-refractivity contribution in [2.45, 2.75) is 14.7 Å². The molecule has 20 nitrogen and oxygen atoms in total. The molecule has 2 aliphatic heterocycles. The van der Waals surface area contributed by atoms with E-state index in [4.69, 9.17) is 51.5 Å². The van der Waals surface area contributed by atoms with E-state index in [-0.39, 0.29) is 50.2 Å². The van der Waals surface area contributed by atoms with E-state index in [1.165, 1.54) is 25.6 Å². The molecule has 2 aliphatic rings. The third kappa shape index (κ3) is 24.0. The van der Waals surface area contributed by atoms with E-state index in [9.17, 15) is 25.3 Å². The van der Waals surface area contributed by atoms with Crippen molar-refractivity contribution < 1.29 is 76.8 Å². The SMILES string of the molecule is COc1cc(/C=C/c2ccc(S(=O)(=O)N(CCO)CCO)cc2)ccc1/C=C/c1ccc(N)cc1.COc1cc(/C=C/c2ccc(S(=O)(=O)N3CCOCC3)cc2)ccc1/C=C/c1ccc(N)cc1.COc1cc(/C=C/c2ccc(S(=O)(=O)N3CC[NH+](CCO)CC3)cc2)ccc1/C=C/c1ccc(N)cc1.[Cl-]. The van der Waals surface area contributed by atoms with Crippen molar-refractivity contribution in [3.05, 3.63) is 267 Å². The first-order valence-corrected chi connectivity index (χ1v) is 38.8. The molecule has 0 amide bonds. The summed E-state index contributed by atoms with van der Waals surface area (Å²) < 4.78 is 103. The number of rotatable bonds is 27. The van der Waals surface area contributed by atoms with Gasteiger partial charge in [-0.05, 0) is 141 Å². The molecule has 11 rings (SSSR count). The zero-order valence-electron chi connectivity index (χ0n) is 60.0. The number of morpholine rings is 1. The van der Waals surface area contributed by atoms with Gasteiger partial charge in [-0.25, -0.2) is 25.3 Å². The van der Waals surface area contributed by atoms with Gasteiger partial charge in [0.15, 0.2) is 0 Å². The fraction of sp³-hybridized carbons (Fsp3) is 0.205. The number of anilines is 3. The molecule has 9 aromatic rings. The number of aliphatic hydroxyl groups is 3. The van der Waals surface area contributed by atoms with Crippen LogP contribution in [0.4, 0.5) is 17.1 Å². The minimum Gasteiger partial charge on any atom is -1.00 e. The molecular formula is C83H92ClN7O13S3. The Kier molecular flexibility index (Phi) is 31.4. The average molecular weight is 1530 g/mol. The Labute approximate surface area is 635 Å². The predicted octanol–water partition coefficient (Wildman–Crippen LogP) is 7.74. The van der Waals surface area contributed by atoms with Crippen LogP contribution in [0.2, 0.25) is 0 Å². The maximum Gasteiger partial charge on any atom is 0.243 e. The molecule has 0 bridgehead atoms. The molecule has 0 radical (unpaired) electrons. The van der Waals surface area contributed by atoms with Crippen molar-refractivity contribution >= 4 is 120 Å². The van der Waals surface area contributed by atoms with Crippen molar-refractivity contribution in [1.29, 1.82) is 0 Å². The highest BCUT2D eigenvalue weighted by atomic mass is 35.5. The molecule has 2 saturated heterocycles. The van der Waals surface area contributed by atoms with Gasteiger partial charge in [-0.15, -0.1) is 0 Å². The van der Waals surface area contributed by atoms with Gasteiger partial charge in [-0.3, -0.25) is 0 Å². The second-order valence-corrected chi connectivity index (χ2v) is 30.5. The van der Waals surface area contributed by atoms with Gasteiger partial charge in [0.25, 0.3) is 0 Å². The summed E-state index contributed by atoms with van der Waals surface area (Å²) in [5.41, 5.74) is 30.9. The van der Waals surface area contributed by atoms with Crippen LogP contribution in [0.25, 0.3) is 72.9 Å². The van der Waals surface area contributed by atoms with Crippen LogP contribution in [-0.4, -0.2) is 167 Å². The van der Waals surface area contributed by atoms with E-state index >= 15 is 0 Å². The number of benzene rings is 9. The van der Waals surface area contributed by atoms with Crippen LogP contribution in [0, 0.1) is 0 Å². The third-order valence-electron chi connectivity index (χ3n) is 17.5. The molecule has 562 valence electrons. The third-order valence-corrected chi connectivity index (χ3v) is 23.2. The van der Waals surface area contributed by atoms with Crippen LogP contribution in [0.15, 0.2) is 215 Å². The molecule has 10 N–H and O–H groups in total. The number of quaternary nitrogens is 1. The van der Waals surface area contributed by atoms with Gasteiger partial charge in [0.1, 0.15) is 23.8 Å². The summed E-state index contributed by atoms with van der Waals surface area (Å²) in [7, 11) is -5.88. The van der Waals surface area contributed by atoms with Crippen molar-refractivity contribution in [1.82, 2.24) is 12.9 Å². The van der Waals surface area contributed by atoms with Crippen LogP contribution < -0.4 is 48.7 Å². The molecule has 0 saturated carbocycles. The van der Waals surface area contributed by atoms with Gasteiger partial charge in [-0.1, -0.05) is 182 Å². The Balaban J connectivity index is 0.000000202. The van der Waals surface area contributed by atoms with Crippen LogP contribution >= 0.6 is 0 Å². The number of nitrogen functional groups attached to an aromatic ring is 3. The maximum atomic E-state index is 13.0. The summed E-state index contributed by atoms with van der Waals surface area (Å²) >= 11 is 0. The van der Waals surface area contributed by atoms with Crippen LogP contribution in [0.1, 0.15) is 66.8 Å². The summed E-state index contributed by atoms with van der Waals surface area (Å²) in [6.45, 7) is 3.97. The topological polar surface area (TPSA) is 292 Å². The number of piperazine rings is 1. The standard InChI is InChI=1S/C29H33N3O4S.C27H30N2O5S.C27H28N2O4S.ClH/c1-36-29-22-25(5-11-26(29)10-4-24-6-12-27(30)13-7-24)3-2-23-8-14-28(15-9-23)37(34,35)32-18-16-31(17-19-32)20-21-33;1-34-27-20-23(5-11-24(27)10-4-22-6-12-25(28)13-7-22)3-2-21-8-14-26(15-9-21)35(32,33)29(16-18-30)17-19-31;1-32-27-20-23(5-11-24(27)10-4-22-6-12-25(28)13-7-22)3-2-21-8-14-26(15-9-21)34(30,31)29-16-18-33-19-17-29;/h2-15,22,33H,16-21,30H2,1H3;2-15,20,30-31H,16-19,28H2,1H3;2-15,20H,16-19,28H2,1H3;1H/b3*3-2+,10-4+;. The number of nitrogens with zero attached hydrogens (tertiary/aromatic N) is 3. The summed E-state index contributed by atoms with van der Waals surface area (Å²) in [6.07, 6.45) is 23.7. The van der Waals surface area contributed by atoms with E-state index in [0.717, 1.165) is 105 Å². The maximum absolute atomic E-state index is 13.0. The molecule has 9 aromatic carbocycles. The summed E-state index contributed by atoms with van der Waals surface area (Å²) in [5, 5.41) is 27.4. The predicted molar refractivity (Wildman–Crippen MR) is 428 cm³/mol. The number of aliphatic hydroxyl groups excluding tert-OH is 3. The second kappa shape index (κ2) is 40.7. The van der Waals surface area contributed by atoms with Gasteiger partial charge >= 0.3 is 0 Å².